The molecular formula is C14H18N2OS2. The van der Waals surface area contributed by atoms with Gasteiger partial charge < -0.3 is 5.32 Å². The molecule has 5 heteroatoms. The third kappa shape index (κ3) is 3.64. The molecule has 0 radical (unpaired) electrons. The second-order valence-corrected chi connectivity index (χ2v) is 6.08. The van der Waals surface area contributed by atoms with Gasteiger partial charge in [0, 0.05) is 22.9 Å². The highest BCUT2D eigenvalue weighted by atomic mass is 32.1. The molecule has 0 atom stereocenters. The van der Waals surface area contributed by atoms with Crippen LogP contribution < -0.4 is 5.32 Å². The van der Waals surface area contributed by atoms with Crippen molar-refractivity contribution in [1.82, 2.24) is 10.3 Å². The molecule has 0 aliphatic carbocycles. The molecule has 0 unspecified atom stereocenters. The van der Waals surface area contributed by atoms with Gasteiger partial charge in [0.1, 0.15) is 10.7 Å². The number of hydrogen-bond donors (Lipinski definition) is 1. The molecule has 1 amide bonds. The van der Waals surface area contributed by atoms with E-state index in [1.165, 1.54) is 11.3 Å². The lowest BCUT2D eigenvalue weighted by Gasteiger charge is -2.12. The van der Waals surface area contributed by atoms with E-state index in [-0.39, 0.29) is 5.91 Å². The van der Waals surface area contributed by atoms with Crippen LogP contribution in [0.3, 0.4) is 0 Å². The van der Waals surface area contributed by atoms with Gasteiger partial charge >= 0.3 is 0 Å². The summed E-state index contributed by atoms with van der Waals surface area (Å²) in [6.07, 6.45) is 2.18. The van der Waals surface area contributed by atoms with Crippen LogP contribution in [-0.4, -0.2) is 17.4 Å². The van der Waals surface area contributed by atoms with Gasteiger partial charge in [0.15, 0.2) is 0 Å². The molecule has 0 saturated heterocycles. The highest BCUT2D eigenvalue weighted by molar-refractivity contribution is 7.14. The molecule has 2 rings (SSSR count). The Kier molecular flexibility index (Phi) is 5.10. The molecule has 3 nitrogen and oxygen atoms in total. The Bertz CT molecular complexity index is 515. The summed E-state index contributed by atoms with van der Waals surface area (Å²) < 4.78 is 0. The van der Waals surface area contributed by atoms with Gasteiger partial charge in [-0.05, 0) is 17.4 Å². The largest absolute Gasteiger partial charge is 0.350 e. The van der Waals surface area contributed by atoms with Crippen molar-refractivity contribution >= 4 is 28.6 Å². The van der Waals surface area contributed by atoms with Crippen LogP contribution in [0.5, 0.6) is 0 Å². The molecule has 0 aromatic carbocycles. The van der Waals surface area contributed by atoms with E-state index in [0.717, 1.165) is 30.0 Å². The van der Waals surface area contributed by atoms with Crippen LogP contribution in [0, 0.1) is 5.92 Å². The smallest absolute Gasteiger partial charge is 0.270 e. The molecule has 0 aliphatic rings. The predicted molar refractivity (Wildman–Crippen MR) is 81.8 cm³/mol. The predicted octanol–water partition coefficient (Wildman–Crippen LogP) is 4.04. The van der Waals surface area contributed by atoms with Crippen molar-refractivity contribution in [2.45, 2.75) is 26.7 Å². The summed E-state index contributed by atoms with van der Waals surface area (Å²) in [5, 5.41) is 9.77. The molecule has 2 aromatic heterocycles. The normalized spacial score (nSPS) is 10.9. The zero-order valence-corrected chi connectivity index (χ0v) is 12.8. The van der Waals surface area contributed by atoms with E-state index in [9.17, 15) is 4.79 Å². The molecule has 1 N–H and O–H groups in total. The fourth-order valence-corrected chi connectivity index (χ4v) is 3.31. The van der Waals surface area contributed by atoms with Crippen molar-refractivity contribution in [3.05, 3.63) is 27.9 Å². The van der Waals surface area contributed by atoms with E-state index >= 15 is 0 Å². The zero-order valence-electron chi connectivity index (χ0n) is 11.2. The van der Waals surface area contributed by atoms with Crippen molar-refractivity contribution in [3.63, 3.8) is 0 Å². The lowest BCUT2D eigenvalue weighted by Crippen LogP contribution is -2.29. The van der Waals surface area contributed by atoms with Gasteiger partial charge in [-0.25, -0.2) is 4.98 Å². The molecule has 2 heterocycles. The Balaban J connectivity index is 1.97. The van der Waals surface area contributed by atoms with Gasteiger partial charge in [0.2, 0.25) is 0 Å². The average molecular weight is 294 g/mol. The fourth-order valence-electron chi connectivity index (χ4n) is 1.80. The SMILES string of the molecule is CCC(CC)CNC(=O)c1csc(-c2ccsc2)n1. The minimum atomic E-state index is -0.0652. The quantitative estimate of drug-likeness (QED) is 0.873. The number of carbonyl (C=O) groups excluding carboxylic acids is 1. The zero-order chi connectivity index (χ0) is 13.7. The summed E-state index contributed by atoms with van der Waals surface area (Å²) >= 11 is 3.15. The van der Waals surface area contributed by atoms with Gasteiger partial charge in [-0.1, -0.05) is 26.7 Å². The first-order valence-electron chi connectivity index (χ1n) is 6.50. The van der Waals surface area contributed by atoms with Gasteiger partial charge in [0.25, 0.3) is 5.91 Å². The molecular weight excluding hydrogens is 276 g/mol. The summed E-state index contributed by atoms with van der Waals surface area (Å²) in [5.74, 6) is 0.489. The molecule has 0 fully saturated rings. The van der Waals surface area contributed by atoms with Crippen LogP contribution >= 0.6 is 22.7 Å². The topological polar surface area (TPSA) is 42.0 Å². The molecule has 19 heavy (non-hydrogen) atoms. The Morgan fingerprint density at radius 3 is 2.79 bits per heavy atom. The molecule has 102 valence electrons. The van der Waals surface area contributed by atoms with E-state index in [1.54, 1.807) is 11.3 Å². The van der Waals surface area contributed by atoms with E-state index in [2.05, 4.69) is 24.1 Å². The summed E-state index contributed by atoms with van der Waals surface area (Å²) in [4.78, 5) is 16.4. The van der Waals surface area contributed by atoms with Crippen LogP contribution in [-0.2, 0) is 0 Å². The number of hydrogen-bond acceptors (Lipinski definition) is 4. The summed E-state index contributed by atoms with van der Waals surface area (Å²) in [6.45, 7) is 5.03. The van der Waals surface area contributed by atoms with Crippen LogP contribution in [0.1, 0.15) is 37.2 Å². The summed E-state index contributed by atoms with van der Waals surface area (Å²) in [7, 11) is 0. The maximum absolute atomic E-state index is 12.0. The lowest BCUT2D eigenvalue weighted by atomic mass is 10.0. The highest BCUT2D eigenvalue weighted by Crippen LogP contribution is 2.25. The van der Waals surface area contributed by atoms with Crippen molar-refractivity contribution < 1.29 is 4.79 Å². The van der Waals surface area contributed by atoms with Gasteiger partial charge in [-0.2, -0.15) is 11.3 Å². The first kappa shape index (κ1) is 14.2. The number of aromatic nitrogens is 1. The Morgan fingerprint density at radius 2 is 2.16 bits per heavy atom. The molecule has 0 saturated carbocycles. The number of rotatable bonds is 6. The maximum Gasteiger partial charge on any atom is 0.270 e. The van der Waals surface area contributed by atoms with Crippen LogP contribution in [0.2, 0.25) is 0 Å². The number of amides is 1. The summed E-state index contributed by atoms with van der Waals surface area (Å²) in [5.41, 5.74) is 1.62. The second kappa shape index (κ2) is 6.82. The number of carbonyl (C=O) groups is 1. The van der Waals surface area contributed by atoms with Gasteiger partial charge in [-0.15, -0.1) is 11.3 Å². The fraction of sp³-hybridized carbons (Fsp3) is 0.429. The first-order valence-corrected chi connectivity index (χ1v) is 8.33. The third-order valence-electron chi connectivity index (χ3n) is 3.21. The van der Waals surface area contributed by atoms with E-state index < -0.39 is 0 Å². The van der Waals surface area contributed by atoms with Gasteiger partial charge in [0.05, 0.1) is 0 Å². The molecule has 0 spiro atoms. The number of nitrogens with zero attached hydrogens (tertiary/aromatic N) is 1. The Hall–Kier alpha value is -1.20. The highest BCUT2D eigenvalue weighted by Gasteiger charge is 2.13. The van der Waals surface area contributed by atoms with E-state index in [1.807, 2.05) is 22.2 Å². The molecule has 0 bridgehead atoms. The monoisotopic (exact) mass is 294 g/mol. The summed E-state index contributed by atoms with van der Waals surface area (Å²) in [6, 6.07) is 2.02. The molecule has 0 aliphatic heterocycles. The van der Waals surface area contributed by atoms with E-state index in [4.69, 9.17) is 0 Å². The minimum absolute atomic E-state index is 0.0652. The van der Waals surface area contributed by atoms with Crippen LogP contribution in [0.4, 0.5) is 0 Å². The molecule has 2 aromatic rings. The Morgan fingerprint density at radius 1 is 1.37 bits per heavy atom. The van der Waals surface area contributed by atoms with Crippen molar-refractivity contribution in [2.24, 2.45) is 5.92 Å². The van der Waals surface area contributed by atoms with Crippen molar-refractivity contribution in [1.29, 1.82) is 0 Å². The van der Waals surface area contributed by atoms with Crippen LogP contribution in [0.25, 0.3) is 10.6 Å². The standard InChI is InChI=1S/C14H18N2OS2/c1-3-10(4-2)7-15-13(17)12-9-19-14(16-12)11-5-6-18-8-11/h5-6,8-10H,3-4,7H2,1-2H3,(H,15,17). The number of thiophene rings is 1. The first-order chi connectivity index (χ1) is 9.24. The Labute approximate surface area is 121 Å². The van der Waals surface area contributed by atoms with Gasteiger partial charge in [-0.3, -0.25) is 4.79 Å². The number of thiazole rings is 1. The number of nitrogens with one attached hydrogen (secondary N) is 1. The average Bonchev–Trinajstić information content (AvgIpc) is 3.10. The third-order valence-corrected chi connectivity index (χ3v) is 4.79. The van der Waals surface area contributed by atoms with Crippen molar-refractivity contribution in [2.75, 3.05) is 6.54 Å². The van der Waals surface area contributed by atoms with E-state index in [0.29, 0.717) is 11.6 Å². The lowest BCUT2D eigenvalue weighted by molar-refractivity contribution is 0.0942. The van der Waals surface area contributed by atoms with Crippen molar-refractivity contribution in [3.8, 4) is 10.6 Å². The maximum atomic E-state index is 12.0. The minimum Gasteiger partial charge on any atom is -0.350 e. The second-order valence-electron chi connectivity index (χ2n) is 4.44. The van der Waals surface area contributed by atoms with Crippen LogP contribution in [0.15, 0.2) is 22.2 Å².